The van der Waals surface area contributed by atoms with Crippen LogP contribution < -0.4 is 16.6 Å². The molecule has 2 aromatic rings. The molecule has 0 aromatic carbocycles. The third-order valence-electron chi connectivity index (χ3n) is 2.54. The first-order valence-corrected chi connectivity index (χ1v) is 8.24. The monoisotopic (exact) mass is 312 g/mol. The quantitative estimate of drug-likeness (QED) is 0.725. The molecule has 6 nitrogen and oxygen atoms in total. The van der Waals surface area contributed by atoms with Gasteiger partial charge < -0.3 is 11.1 Å². The zero-order valence-corrected chi connectivity index (χ0v) is 12.5. The number of nitrogens with one attached hydrogen (secondary N) is 1. The molecule has 20 heavy (non-hydrogen) atoms. The molecular formula is C12H16N4O2S2. The lowest BCUT2D eigenvalue weighted by Crippen LogP contribution is -2.27. The molecule has 8 heteroatoms. The van der Waals surface area contributed by atoms with Crippen molar-refractivity contribution in [3.63, 3.8) is 0 Å². The van der Waals surface area contributed by atoms with Crippen molar-refractivity contribution < 1.29 is 4.79 Å². The third kappa shape index (κ3) is 4.06. The molecule has 0 aliphatic heterocycles. The highest BCUT2D eigenvalue weighted by atomic mass is 32.2. The first-order chi connectivity index (χ1) is 9.70. The Hall–Kier alpha value is -1.38. The fourth-order valence-electron chi connectivity index (χ4n) is 1.59. The Kier molecular flexibility index (Phi) is 5.57. The molecule has 0 radical (unpaired) electrons. The van der Waals surface area contributed by atoms with E-state index in [1.807, 2.05) is 5.38 Å². The number of thiazole rings is 1. The van der Waals surface area contributed by atoms with Gasteiger partial charge in [-0.2, -0.15) is 0 Å². The van der Waals surface area contributed by atoms with E-state index in [1.165, 1.54) is 33.6 Å². The Labute approximate surface area is 124 Å². The summed E-state index contributed by atoms with van der Waals surface area (Å²) in [6.45, 7) is 1.18. The van der Waals surface area contributed by atoms with Crippen molar-refractivity contribution in [2.75, 3.05) is 18.8 Å². The molecule has 0 aliphatic carbocycles. The Morgan fingerprint density at radius 3 is 3.20 bits per heavy atom. The average molecular weight is 312 g/mol. The summed E-state index contributed by atoms with van der Waals surface area (Å²) in [5, 5.41) is 4.61. The van der Waals surface area contributed by atoms with Gasteiger partial charge in [-0.15, -0.1) is 23.1 Å². The number of amides is 1. The van der Waals surface area contributed by atoms with Gasteiger partial charge in [0, 0.05) is 29.9 Å². The molecule has 2 rings (SSSR count). The van der Waals surface area contributed by atoms with Crippen LogP contribution in [0, 0.1) is 0 Å². The van der Waals surface area contributed by atoms with Gasteiger partial charge in [0.05, 0.1) is 11.4 Å². The molecule has 0 unspecified atom stereocenters. The molecular weight excluding hydrogens is 296 g/mol. The molecule has 0 saturated carbocycles. The van der Waals surface area contributed by atoms with Crippen LogP contribution >= 0.6 is 23.1 Å². The minimum atomic E-state index is -0.0840. The van der Waals surface area contributed by atoms with E-state index in [0.717, 1.165) is 6.42 Å². The minimum absolute atomic E-state index is 0.0163. The molecule has 3 N–H and O–H groups in total. The van der Waals surface area contributed by atoms with E-state index in [0.29, 0.717) is 35.3 Å². The number of nitrogens with zero attached hydrogens (tertiary/aromatic N) is 2. The van der Waals surface area contributed by atoms with Gasteiger partial charge in [0.2, 0.25) is 5.91 Å². The number of carbonyl (C=O) groups excluding carboxylic acids is 1. The van der Waals surface area contributed by atoms with Gasteiger partial charge in [0.1, 0.15) is 0 Å². The number of hydrogen-bond donors (Lipinski definition) is 2. The Morgan fingerprint density at radius 2 is 2.40 bits per heavy atom. The van der Waals surface area contributed by atoms with Crippen LogP contribution in [-0.2, 0) is 10.5 Å². The number of carbonyl (C=O) groups is 1. The van der Waals surface area contributed by atoms with E-state index >= 15 is 0 Å². The molecule has 0 spiro atoms. The van der Waals surface area contributed by atoms with Crippen molar-refractivity contribution in [2.24, 2.45) is 5.73 Å². The van der Waals surface area contributed by atoms with Gasteiger partial charge in [-0.1, -0.05) is 0 Å². The maximum absolute atomic E-state index is 11.8. The van der Waals surface area contributed by atoms with Crippen molar-refractivity contribution >= 4 is 34.0 Å². The molecule has 2 aromatic heterocycles. The van der Waals surface area contributed by atoms with E-state index in [2.05, 4.69) is 10.3 Å². The maximum Gasteiger partial charge on any atom is 0.258 e. The van der Waals surface area contributed by atoms with Crippen molar-refractivity contribution in [1.29, 1.82) is 0 Å². The van der Waals surface area contributed by atoms with Crippen LogP contribution in [0.1, 0.15) is 12.1 Å². The molecule has 0 fully saturated rings. The zero-order chi connectivity index (χ0) is 14.4. The van der Waals surface area contributed by atoms with Crippen LogP contribution in [0.4, 0.5) is 0 Å². The van der Waals surface area contributed by atoms with Crippen molar-refractivity contribution in [1.82, 2.24) is 14.7 Å². The molecule has 0 saturated heterocycles. The van der Waals surface area contributed by atoms with Crippen LogP contribution in [0.25, 0.3) is 4.96 Å². The second-order valence-electron chi connectivity index (χ2n) is 4.13. The largest absolute Gasteiger partial charge is 0.355 e. The topological polar surface area (TPSA) is 89.5 Å². The maximum atomic E-state index is 11.8. The van der Waals surface area contributed by atoms with Gasteiger partial charge in [0.15, 0.2) is 4.96 Å². The normalized spacial score (nSPS) is 10.8. The Balaban J connectivity index is 1.83. The summed E-state index contributed by atoms with van der Waals surface area (Å²) in [7, 11) is 0. The third-order valence-corrected chi connectivity index (χ3v) is 4.27. The van der Waals surface area contributed by atoms with Crippen LogP contribution in [0.15, 0.2) is 22.4 Å². The number of aromatic nitrogens is 2. The highest BCUT2D eigenvalue weighted by molar-refractivity contribution is 7.99. The molecule has 108 valence electrons. The summed E-state index contributed by atoms with van der Waals surface area (Å²) in [4.78, 5) is 28.3. The fraction of sp³-hybridized carbons (Fsp3) is 0.417. The molecule has 0 aliphatic rings. The average Bonchev–Trinajstić information content (AvgIpc) is 2.88. The zero-order valence-electron chi connectivity index (χ0n) is 10.9. The van der Waals surface area contributed by atoms with Crippen LogP contribution in [0.2, 0.25) is 0 Å². The smallest absolute Gasteiger partial charge is 0.258 e. The molecule has 1 amide bonds. The summed E-state index contributed by atoms with van der Waals surface area (Å²) in [5.41, 5.74) is 5.97. The fourth-order valence-corrected chi connectivity index (χ4v) is 3.08. The van der Waals surface area contributed by atoms with Crippen LogP contribution in [0.5, 0.6) is 0 Å². The van der Waals surface area contributed by atoms with E-state index in [-0.39, 0.29) is 11.5 Å². The second-order valence-corrected chi connectivity index (χ2v) is 5.98. The summed E-state index contributed by atoms with van der Waals surface area (Å²) < 4.78 is 1.51. The number of fused-ring (bicyclic) bond motifs is 1. The number of thioether (sulfide) groups is 1. The molecule has 0 atom stereocenters. The number of hydrogen-bond acceptors (Lipinski definition) is 6. The molecule has 2 heterocycles. The highest BCUT2D eigenvalue weighted by Crippen LogP contribution is 2.12. The number of rotatable bonds is 7. The lowest BCUT2D eigenvalue weighted by Gasteiger charge is -2.04. The van der Waals surface area contributed by atoms with E-state index in [4.69, 9.17) is 5.73 Å². The Bertz CT molecular complexity index is 638. The standard InChI is InChI=1S/C12H16N4O2S2/c13-2-1-3-14-10(17)8-19-7-9-6-11(18)16-4-5-20-12(16)15-9/h4-6H,1-3,7-8,13H2,(H,14,17). The van der Waals surface area contributed by atoms with Gasteiger partial charge in [-0.3, -0.25) is 14.0 Å². The van der Waals surface area contributed by atoms with Crippen molar-refractivity contribution in [3.8, 4) is 0 Å². The van der Waals surface area contributed by atoms with Gasteiger partial charge in [0.25, 0.3) is 5.56 Å². The lowest BCUT2D eigenvalue weighted by atomic mass is 10.4. The first-order valence-electron chi connectivity index (χ1n) is 6.21. The van der Waals surface area contributed by atoms with E-state index < -0.39 is 0 Å². The van der Waals surface area contributed by atoms with Crippen LogP contribution in [-0.4, -0.2) is 34.1 Å². The lowest BCUT2D eigenvalue weighted by molar-refractivity contribution is -0.118. The van der Waals surface area contributed by atoms with Crippen LogP contribution in [0.3, 0.4) is 0 Å². The summed E-state index contributed by atoms with van der Waals surface area (Å²) in [5.74, 6) is 0.890. The van der Waals surface area contributed by atoms with Crippen molar-refractivity contribution in [3.05, 3.63) is 33.7 Å². The Morgan fingerprint density at radius 1 is 1.55 bits per heavy atom. The van der Waals surface area contributed by atoms with E-state index in [1.54, 1.807) is 6.20 Å². The van der Waals surface area contributed by atoms with E-state index in [9.17, 15) is 9.59 Å². The number of nitrogens with two attached hydrogens (primary N) is 1. The summed E-state index contributed by atoms with van der Waals surface area (Å²) in [6.07, 6.45) is 2.49. The minimum Gasteiger partial charge on any atom is -0.355 e. The SMILES string of the molecule is NCCCNC(=O)CSCc1cc(=O)n2ccsc2n1. The second kappa shape index (κ2) is 7.41. The van der Waals surface area contributed by atoms with Gasteiger partial charge in [-0.25, -0.2) is 4.98 Å². The van der Waals surface area contributed by atoms with Gasteiger partial charge in [-0.05, 0) is 13.0 Å². The summed E-state index contributed by atoms with van der Waals surface area (Å²) in [6, 6.07) is 1.51. The van der Waals surface area contributed by atoms with Crippen molar-refractivity contribution in [2.45, 2.75) is 12.2 Å². The highest BCUT2D eigenvalue weighted by Gasteiger charge is 2.05. The molecule has 0 bridgehead atoms. The predicted molar refractivity (Wildman–Crippen MR) is 82.2 cm³/mol. The summed E-state index contributed by atoms with van der Waals surface area (Å²) >= 11 is 2.86. The predicted octanol–water partition coefficient (Wildman–Crippen LogP) is 0.454. The van der Waals surface area contributed by atoms with Gasteiger partial charge >= 0.3 is 0 Å². The first kappa shape index (κ1) is 15.0.